The number of hydrogen-bond donors (Lipinski definition) is 1. The minimum absolute atomic E-state index is 0.0603. The van der Waals surface area contributed by atoms with E-state index in [4.69, 9.17) is 5.73 Å². The first-order valence-electron chi connectivity index (χ1n) is 6.00. The van der Waals surface area contributed by atoms with Crippen LogP contribution in [0.4, 0.5) is 0 Å². The summed E-state index contributed by atoms with van der Waals surface area (Å²) in [5.41, 5.74) is 8.81. The van der Waals surface area contributed by atoms with Crippen LogP contribution in [0.2, 0.25) is 0 Å². The molecule has 2 heterocycles. The highest BCUT2D eigenvalue weighted by Crippen LogP contribution is 2.29. The summed E-state index contributed by atoms with van der Waals surface area (Å²) in [6, 6.07) is 4.46. The number of aromatic nitrogens is 2. The van der Waals surface area contributed by atoms with Gasteiger partial charge in [0.2, 0.25) is 0 Å². The standard InChI is InChI=1S/C13H19N3S/c1-4-10-6-8-17-13(10)12(14)11-5-7-15-16(11)9(2)3/h5-9,12H,4,14H2,1-3H3. The van der Waals surface area contributed by atoms with Gasteiger partial charge in [-0.3, -0.25) is 4.68 Å². The van der Waals surface area contributed by atoms with E-state index in [1.165, 1.54) is 10.4 Å². The second-order valence-electron chi connectivity index (χ2n) is 4.44. The predicted molar refractivity (Wildman–Crippen MR) is 72.3 cm³/mol. The van der Waals surface area contributed by atoms with Gasteiger partial charge in [-0.1, -0.05) is 6.92 Å². The van der Waals surface area contributed by atoms with Crippen LogP contribution in [0.1, 0.15) is 49.0 Å². The Bertz CT molecular complexity index is 484. The van der Waals surface area contributed by atoms with Gasteiger partial charge in [0.25, 0.3) is 0 Å². The molecule has 0 aliphatic carbocycles. The lowest BCUT2D eigenvalue weighted by Crippen LogP contribution is -2.18. The van der Waals surface area contributed by atoms with Gasteiger partial charge in [-0.15, -0.1) is 11.3 Å². The van der Waals surface area contributed by atoms with Crippen molar-refractivity contribution >= 4 is 11.3 Å². The molecule has 0 radical (unpaired) electrons. The molecule has 0 saturated carbocycles. The van der Waals surface area contributed by atoms with E-state index >= 15 is 0 Å². The fourth-order valence-corrected chi connectivity index (χ4v) is 3.06. The Morgan fingerprint density at radius 2 is 2.18 bits per heavy atom. The van der Waals surface area contributed by atoms with Crippen molar-refractivity contribution in [1.82, 2.24) is 9.78 Å². The van der Waals surface area contributed by atoms with Crippen LogP contribution in [0.25, 0.3) is 0 Å². The molecule has 0 fully saturated rings. The molecule has 0 aliphatic heterocycles. The zero-order valence-electron chi connectivity index (χ0n) is 10.6. The molecule has 0 bridgehead atoms. The van der Waals surface area contributed by atoms with Gasteiger partial charge >= 0.3 is 0 Å². The van der Waals surface area contributed by atoms with E-state index < -0.39 is 0 Å². The lowest BCUT2D eigenvalue weighted by atomic mass is 10.1. The molecule has 0 aliphatic rings. The van der Waals surface area contributed by atoms with Gasteiger partial charge < -0.3 is 5.73 Å². The molecule has 2 aromatic rings. The van der Waals surface area contributed by atoms with Crippen LogP contribution in [0.15, 0.2) is 23.7 Å². The summed E-state index contributed by atoms with van der Waals surface area (Å²) in [4.78, 5) is 1.26. The molecule has 1 unspecified atom stereocenters. The minimum Gasteiger partial charge on any atom is -0.318 e. The van der Waals surface area contributed by atoms with Gasteiger partial charge in [0.1, 0.15) is 0 Å². The molecule has 92 valence electrons. The van der Waals surface area contributed by atoms with Gasteiger partial charge in [0.15, 0.2) is 0 Å². The summed E-state index contributed by atoms with van der Waals surface area (Å²) in [5, 5.41) is 6.46. The van der Waals surface area contributed by atoms with Gasteiger partial charge in [0, 0.05) is 17.1 Å². The van der Waals surface area contributed by atoms with Crippen LogP contribution in [-0.2, 0) is 6.42 Å². The Balaban J connectivity index is 2.37. The Hall–Kier alpha value is -1.13. The average molecular weight is 249 g/mol. The topological polar surface area (TPSA) is 43.8 Å². The summed E-state index contributed by atoms with van der Waals surface area (Å²) < 4.78 is 2.00. The molecular formula is C13H19N3S. The van der Waals surface area contributed by atoms with Crippen molar-refractivity contribution in [1.29, 1.82) is 0 Å². The zero-order chi connectivity index (χ0) is 12.4. The second-order valence-corrected chi connectivity index (χ2v) is 5.38. The summed E-state index contributed by atoms with van der Waals surface area (Å²) in [7, 11) is 0. The monoisotopic (exact) mass is 249 g/mol. The minimum atomic E-state index is -0.0603. The van der Waals surface area contributed by atoms with Crippen LogP contribution in [0, 0.1) is 0 Å². The molecule has 1 atom stereocenters. The number of rotatable bonds is 4. The first-order chi connectivity index (χ1) is 8.15. The predicted octanol–water partition coefficient (Wildman–Crippen LogP) is 3.14. The molecule has 2 N–H and O–H groups in total. The highest BCUT2D eigenvalue weighted by Gasteiger charge is 2.18. The largest absolute Gasteiger partial charge is 0.318 e. The molecule has 3 nitrogen and oxygen atoms in total. The van der Waals surface area contributed by atoms with Crippen molar-refractivity contribution in [2.75, 3.05) is 0 Å². The van der Waals surface area contributed by atoms with Gasteiger partial charge in [-0.2, -0.15) is 5.10 Å². The van der Waals surface area contributed by atoms with Crippen molar-refractivity contribution < 1.29 is 0 Å². The van der Waals surface area contributed by atoms with Crippen molar-refractivity contribution in [3.8, 4) is 0 Å². The molecule has 4 heteroatoms. The van der Waals surface area contributed by atoms with E-state index in [1.54, 1.807) is 11.3 Å². The summed E-state index contributed by atoms with van der Waals surface area (Å²) in [5.74, 6) is 0. The Morgan fingerprint density at radius 1 is 1.41 bits per heavy atom. The quantitative estimate of drug-likeness (QED) is 0.904. The van der Waals surface area contributed by atoms with E-state index in [-0.39, 0.29) is 6.04 Å². The van der Waals surface area contributed by atoms with Crippen LogP contribution in [0.5, 0.6) is 0 Å². The molecular weight excluding hydrogens is 230 g/mol. The summed E-state index contributed by atoms with van der Waals surface area (Å²) in [6.45, 7) is 6.41. The highest BCUT2D eigenvalue weighted by molar-refractivity contribution is 7.10. The van der Waals surface area contributed by atoms with E-state index in [0.29, 0.717) is 6.04 Å². The number of hydrogen-bond acceptors (Lipinski definition) is 3. The van der Waals surface area contributed by atoms with Crippen molar-refractivity contribution in [2.45, 2.75) is 39.3 Å². The van der Waals surface area contributed by atoms with Crippen molar-refractivity contribution in [3.05, 3.63) is 39.8 Å². The lowest BCUT2D eigenvalue weighted by Gasteiger charge is -2.17. The average Bonchev–Trinajstić information content (AvgIpc) is 2.96. The highest BCUT2D eigenvalue weighted by atomic mass is 32.1. The Kier molecular flexibility index (Phi) is 3.64. The molecule has 0 saturated heterocycles. The molecule has 0 amide bonds. The number of aryl methyl sites for hydroxylation is 1. The fraction of sp³-hybridized carbons (Fsp3) is 0.462. The third-order valence-corrected chi connectivity index (χ3v) is 4.00. The molecule has 17 heavy (non-hydrogen) atoms. The van der Waals surface area contributed by atoms with Crippen molar-refractivity contribution in [3.63, 3.8) is 0 Å². The van der Waals surface area contributed by atoms with Crippen LogP contribution in [0.3, 0.4) is 0 Å². The smallest absolute Gasteiger partial charge is 0.0819 e. The summed E-state index contributed by atoms with van der Waals surface area (Å²) >= 11 is 1.73. The first kappa shape index (κ1) is 12.3. The van der Waals surface area contributed by atoms with E-state index in [9.17, 15) is 0 Å². The van der Waals surface area contributed by atoms with Crippen LogP contribution >= 0.6 is 11.3 Å². The second kappa shape index (κ2) is 5.02. The molecule has 2 aromatic heterocycles. The fourth-order valence-electron chi connectivity index (χ4n) is 2.05. The lowest BCUT2D eigenvalue weighted by molar-refractivity contribution is 0.500. The van der Waals surface area contributed by atoms with E-state index in [1.807, 2.05) is 16.9 Å². The third-order valence-electron chi connectivity index (χ3n) is 2.95. The Morgan fingerprint density at radius 3 is 2.82 bits per heavy atom. The molecule has 0 aromatic carbocycles. The van der Waals surface area contributed by atoms with Gasteiger partial charge in [-0.05, 0) is 43.3 Å². The van der Waals surface area contributed by atoms with Crippen molar-refractivity contribution in [2.24, 2.45) is 5.73 Å². The van der Waals surface area contributed by atoms with Gasteiger partial charge in [0.05, 0.1) is 11.7 Å². The third kappa shape index (κ3) is 2.28. The molecule has 0 spiro atoms. The maximum absolute atomic E-state index is 6.37. The van der Waals surface area contributed by atoms with Gasteiger partial charge in [-0.25, -0.2) is 0 Å². The van der Waals surface area contributed by atoms with Crippen LogP contribution < -0.4 is 5.73 Å². The SMILES string of the molecule is CCc1ccsc1C(N)c1ccnn1C(C)C. The maximum Gasteiger partial charge on any atom is 0.0819 e. The summed E-state index contributed by atoms with van der Waals surface area (Å²) in [6.07, 6.45) is 2.86. The normalized spacial score (nSPS) is 13.2. The number of nitrogens with zero attached hydrogens (tertiary/aromatic N) is 2. The molecule has 2 rings (SSSR count). The van der Waals surface area contributed by atoms with E-state index in [2.05, 4.69) is 37.3 Å². The Labute approximate surface area is 106 Å². The number of thiophene rings is 1. The first-order valence-corrected chi connectivity index (χ1v) is 6.88. The number of nitrogens with two attached hydrogens (primary N) is 1. The maximum atomic E-state index is 6.37. The van der Waals surface area contributed by atoms with E-state index in [0.717, 1.165) is 12.1 Å². The van der Waals surface area contributed by atoms with Crippen LogP contribution in [-0.4, -0.2) is 9.78 Å². The zero-order valence-corrected chi connectivity index (χ0v) is 11.4.